The van der Waals surface area contributed by atoms with E-state index in [1.54, 1.807) is 0 Å². The molecular weight excluding hydrogens is 166 g/mol. The van der Waals surface area contributed by atoms with Gasteiger partial charge in [-0.3, -0.25) is 9.80 Å². The van der Waals surface area contributed by atoms with Gasteiger partial charge in [-0.1, -0.05) is 19.3 Å². The van der Waals surface area contributed by atoms with Crippen LogP contribution in [0.3, 0.4) is 0 Å². The molecule has 0 radical (unpaired) electrons. The SMILES string of the molecule is NCCN(N)C(=O)C1CCCCC1. The summed E-state index contributed by atoms with van der Waals surface area (Å²) in [5.41, 5.74) is 5.32. The van der Waals surface area contributed by atoms with E-state index < -0.39 is 0 Å². The molecule has 13 heavy (non-hydrogen) atoms. The predicted octanol–water partition coefficient (Wildman–Crippen LogP) is 0.228. The highest BCUT2D eigenvalue weighted by Gasteiger charge is 2.23. The summed E-state index contributed by atoms with van der Waals surface area (Å²) in [7, 11) is 0. The Hall–Kier alpha value is -0.610. The molecular formula is C9H19N3O. The number of hydrazine groups is 1. The minimum atomic E-state index is 0.0742. The molecule has 4 N–H and O–H groups in total. The van der Waals surface area contributed by atoms with E-state index in [4.69, 9.17) is 11.6 Å². The highest BCUT2D eigenvalue weighted by atomic mass is 16.2. The lowest BCUT2D eigenvalue weighted by Crippen LogP contribution is -2.44. The molecule has 0 aromatic heterocycles. The number of carbonyl (C=O) groups is 1. The second kappa shape index (κ2) is 5.19. The van der Waals surface area contributed by atoms with Crippen LogP contribution in [0.5, 0.6) is 0 Å². The lowest BCUT2D eigenvalue weighted by molar-refractivity contribution is -0.136. The maximum Gasteiger partial charge on any atom is 0.239 e. The van der Waals surface area contributed by atoms with E-state index in [1.165, 1.54) is 11.4 Å². The molecule has 4 heteroatoms. The molecule has 4 nitrogen and oxygen atoms in total. The van der Waals surface area contributed by atoms with Gasteiger partial charge >= 0.3 is 0 Å². The molecule has 76 valence electrons. The summed E-state index contributed by atoms with van der Waals surface area (Å²) in [5, 5.41) is 1.27. The van der Waals surface area contributed by atoms with Gasteiger partial charge in [0.1, 0.15) is 0 Å². The van der Waals surface area contributed by atoms with Crippen LogP contribution in [0.1, 0.15) is 32.1 Å². The van der Waals surface area contributed by atoms with Gasteiger partial charge in [0.05, 0.1) is 0 Å². The third-order valence-electron chi connectivity index (χ3n) is 2.61. The average Bonchev–Trinajstić information content (AvgIpc) is 2.18. The third-order valence-corrected chi connectivity index (χ3v) is 2.61. The van der Waals surface area contributed by atoms with Crippen LogP contribution in [0.4, 0.5) is 0 Å². The van der Waals surface area contributed by atoms with Crippen LogP contribution in [0.15, 0.2) is 0 Å². The predicted molar refractivity (Wildman–Crippen MR) is 51.5 cm³/mol. The van der Waals surface area contributed by atoms with Crippen LogP contribution in [-0.2, 0) is 4.79 Å². The monoisotopic (exact) mass is 185 g/mol. The normalized spacial score (nSPS) is 18.6. The number of hydrogen-bond acceptors (Lipinski definition) is 3. The first-order valence-corrected chi connectivity index (χ1v) is 5.02. The number of amides is 1. The highest BCUT2D eigenvalue weighted by molar-refractivity contribution is 5.78. The van der Waals surface area contributed by atoms with Crippen LogP contribution in [-0.4, -0.2) is 24.0 Å². The zero-order valence-corrected chi connectivity index (χ0v) is 8.04. The standard InChI is InChI=1S/C9H19N3O/c10-6-7-12(11)9(13)8-4-2-1-3-5-8/h8H,1-7,10-11H2. The van der Waals surface area contributed by atoms with Gasteiger partial charge in [0.25, 0.3) is 0 Å². The van der Waals surface area contributed by atoms with Crippen molar-refractivity contribution in [2.75, 3.05) is 13.1 Å². The summed E-state index contributed by atoms with van der Waals surface area (Å²) >= 11 is 0. The number of carbonyl (C=O) groups excluding carboxylic acids is 1. The Kier molecular flexibility index (Phi) is 4.18. The number of rotatable bonds is 3. The molecule has 1 aliphatic rings. The van der Waals surface area contributed by atoms with Crippen molar-refractivity contribution >= 4 is 5.91 Å². The first-order chi connectivity index (χ1) is 6.25. The fraction of sp³-hybridized carbons (Fsp3) is 0.889. The smallest absolute Gasteiger partial charge is 0.239 e. The van der Waals surface area contributed by atoms with Crippen molar-refractivity contribution in [2.45, 2.75) is 32.1 Å². The number of nitrogens with zero attached hydrogens (tertiary/aromatic N) is 1. The van der Waals surface area contributed by atoms with Crippen LogP contribution in [0.2, 0.25) is 0 Å². The van der Waals surface area contributed by atoms with Crippen molar-refractivity contribution in [3.05, 3.63) is 0 Å². The largest absolute Gasteiger partial charge is 0.329 e. The summed E-state index contributed by atoms with van der Waals surface area (Å²) in [6.45, 7) is 0.907. The fourth-order valence-corrected chi connectivity index (χ4v) is 1.83. The molecule has 0 saturated heterocycles. The van der Waals surface area contributed by atoms with E-state index >= 15 is 0 Å². The van der Waals surface area contributed by atoms with E-state index in [2.05, 4.69) is 0 Å². The van der Waals surface area contributed by atoms with Crippen LogP contribution in [0, 0.1) is 5.92 Å². The first-order valence-electron chi connectivity index (χ1n) is 5.02. The summed E-state index contributed by atoms with van der Waals surface area (Å²) < 4.78 is 0. The summed E-state index contributed by atoms with van der Waals surface area (Å²) in [6.07, 6.45) is 5.57. The van der Waals surface area contributed by atoms with E-state index in [9.17, 15) is 4.79 Å². The van der Waals surface area contributed by atoms with Crippen LogP contribution >= 0.6 is 0 Å². The van der Waals surface area contributed by atoms with Gasteiger partial charge in [-0.25, -0.2) is 5.84 Å². The third kappa shape index (κ3) is 2.97. The zero-order chi connectivity index (χ0) is 9.68. The van der Waals surface area contributed by atoms with E-state index in [0.717, 1.165) is 25.7 Å². The average molecular weight is 185 g/mol. The van der Waals surface area contributed by atoms with Crippen LogP contribution in [0.25, 0.3) is 0 Å². The van der Waals surface area contributed by atoms with Crippen molar-refractivity contribution < 1.29 is 4.79 Å². The Morgan fingerprint density at radius 1 is 1.31 bits per heavy atom. The van der Waals surface area contributed by atoms with Crippen molar-refractivity contribution in [1.29, 1.82) is 0 Å². The molecule has 1 amide bonds. The quantitative estimate of drug-likeness (QED) is 0.375. The molecule has 1 saturated carbocycles. The first kappa shape index (κ1) is 10.5. The molecule has 1 rings (SSSR count). The van der Waals surface area contributed by atoms with Crippen LogP contribution < -0.4 is 11.6 Å². The summed E-state index contributed by atoms with van der Waals surface area (Å²) in [6, 6.07) is 0. The van der Waals surface area contributed by atoms with E-state index in [1.807, 2.05) is 0 Å². The van der Waals surface area contributed by atoms with E-state index in [0.29, 0.717) is 13.1 Å². The Bertz CT molecular complexity index is 166. The zero-order valence-electron chi connectivity index (χ0n) is 8.04. The molecule has 0 aromatic rings. The summed E-state index contributed by atoms with van der Waals surface area (Å²) in [4.78, 5) is 11.6. The molecule has 1 fully saturated rings. The minimum Gasteiger partial charge on any atom is -0.329 e. The Morgan fingerprint density at radius 3 is 2.46 bits per heavy atom. The maximum absolute atomic E-state index is 11.6. The van der Waals surface area contributed by atoms with Gasteiger partial charge < -0.3 is 5.73 Å². The lowest BCUT2D eigenvalue weighted by Gasteiger charge is -2.25. The molecule has 0 atom stereocenters. The minimum absolute atomic E-state index is 0.0742. The molecule has 0 unspecified atom stereocenters. The van der Waals surface area contributed by atoms with Crippen molar-refractivity contribution in [3.63, 3.8) is 0 Å². The molecule has 1 aliphatic carbocycles. The lowest BCUT2D eigenvalue weighted by atomic mass is 9.88. The number of nitrogens with two attached hydrogens (primary N) is 2. The van der Waals surface area contributed by atoms with Crippen molar-refractivity contribution in [2.24, 2.45) is 17.5 Å². The van der Waals surface area contributed by atoms with Gasteiger partial charge in [-0.15, -0.1) is 0 Å². The highest BCUT2D eigenvalue weighted by Crippen LogP contribution is 2.24. The van der Waals surface area contributed by atoms with Gasteiger partial charge in [-0.05, 0) is 12.8 Å². The second-order valence-corrected chi connectivity index (χ2v) is 3.66. The topological polar surface area (TPSA) is 72.3 Å². The molecule has 0 aliphatic heterocycles. The van der Waals surface area contributed by atoms with Gasteiger partial charge in [0.15, 0.2) is 0 Å². The fourth-order valence-electron chi connectivity index (χ4n) is 1.83. The van der Waals surface area contributed by atoms with Gasteiger partial charge in [-0.2, -0.15) is 0 Å². The van der Waals surface area contributed by atoms with Crippen molar-refractivity contribution in [3.8, 4) is 0 Å². The van der Waals surface area contributed by atoms with Gasteiger partial charge in [0, 0.05) is 19.0 Å². The molecule has 0 spiro atoms. The molecule has 0 aromatic carbocycles. The molecule has 0 bridgehead atoms. The maximum atomic E-state index is 11.6. The molecule has 0 heterocycles. The Morgan fingerprint density at radius 2 is 1.92 bits per heavy atom. The van der Waals surface area contributed by atoms with E-state index in [-0.39, 0.29) is 11.8 Å². The second-order valence-electron chi connectivity index (χ2n) is 3.66. The Balaban J connectivity index is 2.36. The van der Waals surface area contributed by atoms with Crippen molar-refractivity contribution in [1.82, 2.24) is 5.01 Å². The summed E-state index contributed by atoms with van der Waals surface area (Å²) in [5.74, 6) is 5.79. The number of hydrogen-bond donors (Lipinski definition) is 2. The van der Waals surface area contributed by atoms with Gasteiger partial charge in [0.2, 0.25) is 5.91 Å². The Labute approximate surface area is 79.2 Å².